The highest BCUT2D eigenvalue weighted by Gasteiger charge is 2.16. The van der Waals surface area contributed by atoms with Crippen molar-refractivity contribution in [2.24, 2.45) is 0 Å². The molecule has 7 nitrogen and oxygen atoms in total. The van der Waals surface area contributed by atoms with E-state index in [2.05, 4.69) is 50.6 Å². The first-order valence-corrected chi connectivity index (χ1v) is 11.0. The molecule has 0 fully saturated rings. The van der Waals surface area contributed by atoms with Crippen LogP contribution in [0, 0.1) is 0 Å². The molecular weight excluding hydrogens is 386 g/mol. The van der Waals surface area contributed by atoms with Gasteiger partial charge in [-0.3, -0.25) is 4.40 Å². The van der Waals surface area contributed by atoms with Gasteiger partial charge in [-0.15, -0.1) is 0 Å². The first-order chi connectivity index (χ1) is 15.3. The number of benzene rings is 1. The number of rotatable bonds is 10. The highest BCUT2D eigenvalue weighted by molar-refractivity contribution is 5.70. The van der Waals surface area contributed by atoms with Crippen LogP contribution >= 0.6 is 0 Å². The Morgan fingerprint density at radius 1 is 0.935 bits per heavy atom. The Morgan fingerprint density at radius 2 is 1.81 bits per heavy atom. The van der Waals surface area contributed by atoms with Crippen LogP contribution in [0.1, 0.15) is 38.7 Å². The minimum absolute atomic E-state index is 0.598. The second-order valence-electron chi connectivity index (χ2n) is 7.53. The van der Waals surface area contributed by atoms with Gasteiger partial charge < -0.3 is 10.2 Å². The van der Waals surface area contributed by atoms with E-state index in [1.807, 2.05) is 42.9 Å². The van der Waals surface area contributed by atoms with Gasteiger partial charge in [0.05, 0.1) is 17.6 Å². The van der Waals surface area contributed by atoms with Crippen LogP contribution in [0.25, 0.3) is 17.0 Å². The highest BCUT2D eigenvalue weighted by Crippen LogP contribution is 2.25. The fourth-order valence-electron chi connectivity index (χ4n) is 3.62. The number of hydrogen-bond donors (Lipinski definition) is 1. The van der Waals surface area contributed by atoms with E-state index < -0.39 is 0 Å². The Labute approximate surface area is 183 Å². The van der Waals surface area contributed by atoms with Crippen molar-refractivity contribution in [3.63, 3.8) is 0 Å². The number of fused-ring (bicyclic) bond motifs is 1. The van der Waals surface area contributed by atoms with Crippen LogP contribution < -0.4 is 10.2 Å². The maximum atomic E-state index is 4.72. The summed E-state index contributed by atoms with van der Waals surface area (Å²) in [6.07, 6.45) is 10.8. The third-order valence-corrected chi connectivity index (χ3v) is 5.20. The zero-order valence-corrected chi connectivity index (χ0v) is 18.2. The lowest BCUT2D eigenvalue weighted by atomic mass is 10.2. The minimum Gasteiger partial charge on any atom is -0.354 e. The molecule has 0 unspecified atom stereocenters. The van der Waals surface area contributed by atoms with E-state index in [0.29, 0.717) is 12.5 Å². The standard InChI is InChI=1S/C24H29N7/c1-3-5-15-30(14-4-2)22-23-27-18-21(31(23)16-13-25-22)20-11-12-26-24(29-20)28-17-19-9-7-6-8-10-19/h6-13,16,18H,3-5,14-15,17H2,1-2H3,(H,26,28,29). The lowest BCUT2D eigenvalue weighted by Crippen LogP contribution is -2.26. The average molecular weight is 416 g/mol. The molecule has 1 aromatic carbocycles. The van der Waals surface area contributed by atoms with Crippen molar-refractivity contribution < 1.29 is 0 Å². The summed E-state index contributed by atoms with van der Waals surface area (Å²) in [5.41, 5.74) is 3.80. The van der Waals surface area contributed by atoms with Crippen molar-refractivity contribution in [2.75, 3.05) is 23.3 Å². The van der Waals surface area contributed by atoms with Gasteiger partial charge in [0.15, 0.2) is 11.5 Å². The van der Waals surface area contributed by atoms with Gasteiger partial charge >= 0.3 is 0 Å². The van der Waals surface area contributed by atoms with Gasteiger partial charge in [0.1, 0.15) is 0 Å². The molecule has 4 aromatic rings. The van der Waals surface area contributed by atoms with E-state index >= 15 is 0 Å². The van der Waals surface area contributed by atoms with E-state index in [0.717, 1.165) is 55.2 Å². The third-order valence-electron chi connectivity index (χ3n) is 5.20. The molecule has 0 radical (unpaired) electrons. The van der Waals surface area contributed by atoms with E-state index in [1.54, 1.807) is 6.20 Å². The molecule has 0 aliphatic carbocycles. The summed E-state index contributed by atoms with van der Waals surface area (Å²) in [4.78, 5) is 20.8. The number of nitrogens with zero attached hydrogens (tertiary/aromatic N) is 6. The Kier molecular flexibility index (Phi) is 6.72. The lowest BCUT2D eigenvalue weighted by Gasteiger charge is -2.23. The van der Waals surface area contributed by atoms with Gasteiger partial charge in [-0.05, 0) is 24.5 Å². The summed E-state index contributed by atoms with van der Waals surface area (Å²) in [5, 5.41) is 3.31. The normalized spacial score (nSPS) is 11.0. The van der Waals surface area contributed by atoms with Crippen LogP contribution in [0.2, 0.25) is 0 Å². The maximum absolute atomic E-state index is 4.72. The molecule has 0 amide bonds. The summed E-state index contributed by atoms with van der Waals surface area (Å²) < 4.78 is 2.07. The number of imidazole rings is 1. The summed E-state index contributed by atoms with van der Waals surface area (Å²) in [5.74, 6) is 1.53. The smallest absolute Gasteiger partial charge is 0.223 e. The number of nitrogens with one attached hydrogen (secondary N) is 1. The minimum atomic E-state index is 0.598. The van der Waals surface area contributed by atoms with Crippen molar-refractivity contribution in [3.05, 3.63) is 66.7 Å². The Bertz CT molecular complexity index is 1110. The topological polar surface area (TPSA) is 71.2 Å². The quantitative estimate of drug-likeness (QED) is 0.401. The van der Waals surface area contributed by atoms with Gasteiger partial charge in [-0.25, -0.2) is 19.9 Å². The monoisotopic (exact) mass is 415 g/mol. The van der Waals surface area contributed by atoms with Crippen LogP contribution in [-0.4, -0.2) is 37.4 Å². The van der Waals surface area contributed by atoms with Crippen molar-refractivity contribution in [1.82, 2.24) is 24.3 Å². The van der Waals surface area contributed by atoms with Gasteiger partial charge in [0.25, 0.3) is 0 Å². The fraction of sp³-hybridized carbons (Fsp3) is 0.333. The number of hydrogen-bond acceptors (Lipinski definition) is 6. The van der Waals surface area contributed by atoms with E-state index in [1.165, 1.54) is 5.56 Å². The van der Waals surface area contributed by atoms with Gasteiger partial charge in [-0.2, -0.15) is 0 Å². The summed E-state index contributed by atoms with van der Waals surface area (Å²) >= 11 is 0. The molecule has 31 heavy (non-hydrogen) atoms. The largest absolute Gasteiger partial charge is 0.354 e. The number of aromatic nitrogens is 5. The molecule has 0 bridgehead atoms. The molecule has 0 spiro atoms. The molecule has 3 heterocycles. The van der Waals surface area contributed by atoms with E-state index in [4.69, 9.17) is 9.97 Å². The molecule has 3 aromatic heterocycles. The predicted octanol–water partition coefficient (Wildman–Crippen LogP) is 4.81. The van der Waals surface area contributed by atoms with Crippen molar-refractivity contribution in [1.29, 1.82) is 0 Å². The van der Waals surface area contributed by atoms with Crippen LogP contribution in [0.3, 0.4) is 0 Å². The zero-order valence-electron chi connectivity index (χ0n) is 18.2. The van der Waals surface area contributed by atoms with Crippen LogP contribution in [-0.2, 0) is 6.54 Å². The summed E-state index contributed by atoms with van der Waals surface area (Å²) in [6.45, 7) is 7.04. The first-order valence-electron chi connectivity index (χ1n) is 11.0. The Hall–Kier alpha value is -3.48. The van der Waals surface area contributed by atoms with Gasteiger partial charge in [0.2, 0.25) is 5.95 Å². The number of anilines is 2. The molecule has 0 saturated carbocycles. The molecule has 7 heteroatoms. The maximum Gasteiger partial charge on any atom is 0.223 e. The van der Waals surface area contributed by atoms with Crippen molar-refractivity contribution in [2.45, 2.75) is 39.7 Å². The van der Waals surface area contributed by atoms with E-state index in [-0.39, 0.29) is 0 Å². The first kappa shape index (κ1) is 20.8. The predicted molar refractivity (Wildman–Crippen MR) is 125 cm³/mol. The summed E-state index contributed by atoms with van der Waals surface area (Å²) in [6, 6.07) is 12.1. The highest BCUT2D eigenvalue weighted by atomic mass is 15.2. The molecule has 0 aliphatic heterocycles. The molecule has 4 rings (SSSR count). The van der Waals surface area contributed by atoms with Crippen molar-refractivity contribution in [3.8, 4) is 11.4 Å². The molecule has 0 atom stereocenters. The Morgan fingerprint density at radius 3 is 2.61 bits per heavy atom. The lowest BCUT2D eigenvalue weighted by molar-refractivity contribution is 0.696. The zero-order chi connectivity index (χ0) is 21.5. The molecular formula is C24H29N7. The van der Waals surface area contributed by atoms with Crippen LogP contribution in [0.15, 0.2) is 61.2 Å². The fourth-order valence-corrected chi connectivity index (χ4v) is 3.62. The molecule has 0 aliphatic rings. The van der Waals surface area contributed by atoms with E-state index in [9.17, 15) is 0 Å². The van der Waals surface area contributed by atoms with Crippen LogP contribution in [0.4, 0.5) is 11.8 Å². The molecule has 0 saturated heterocycles. The third kappa shape index (κ3) is 4.82. The van der Waals surface area contributed by atoms with Crippen molar-refractivity contribution >= 4 is 17.4 Å². The van der Waals surface area contributed by atoms with Gasteiger partial charge in [0, 0.05) is 38.2 Å². The second-order valence-corrected chi connectivity index (χ2v) is 7.53. The second kappa shape index (κ2) is 10.0. The summed E-state index contributed by atoms with van der Waals surface area (Å²) in [7, 11) is 0. The molecule has 160 valence electrons. The SMILES string of the molecule is CCCCN(CCC)c1nccn2c(-c3ccnc(NCc4ccccc4)n3)cnc12. The average Bonchev–Trinajstić information content (AvgIpc) is 3.26. The molecule has 1 N–H and O–H groups in total. The van der Waals surface area contributed by atoms with Gasteiger partial charge in [-0.1, -0.05) is 50.6 Å². The number of unbranched alkanes of at least 4 members (excludes halogenated alkanes) is 1. The Balaban J connectivity index is 1.61. The van der Waals surface area contributed by atoms with Crippen LogP contribution in [0.5, 0.6) is 0 Å².